The molecule has 0 aliphatic rings. The molecule has 6 nitrogen and oxygen atoms in total. The zero-order valence-electron chi connectivity index (χ0n) is 6.39. The van der Waals surface area contributed by atoms with Crippen molar-refractivity contribution in [3.63, 3.8) is 0 Å². The fourth-order valence-corrected chi connectivity index (χ4v) is 1.35. The summed E-state index contributed by atoms with van der Waals surface area (Å²) in [6.07, 6.45) is -0.479. The van der Waals surface area contributed by atoms with Gasteiger partial charge in [0.25, 0.3) is 0 Å². The normalized spacial score (nSPS) is 17.0. The number of carboxylic acids is 1. The van der Waals surface area contributed by atoms with Gasteiger partial charge < -0.3 is 0 Å². The van der Waals surface area contributed by atoms with Gasteiger partial charge in [-0.05, 0) is 0 Å². The van der Waals surface area contributed by atoms with Crippen LogP contribution >= 0.6 is 0 Å². The van der Waals surface area contributed by atoms with Gasteiger partial charge in [0.15, 0.2) is 0 Å². The van der Waals surface area contributed by atoms with Crippen LogP contribution in [0.2, 0.25) is 0 Å². The Morgan fingerprint density at radius 3 is 2.00 bits per heavy atom. The van der Waals surface area contributed by atoms with Gasteiger partial charge in [0, 0.05) is 0 Å². The van der Waals surface area contributed by atoms with Crippen LogP contribution in [-0.2, 0) is 14.9 Å². The van der Waals surface area contributed by atoms with E-state index in [1.807, 2.05) is 0 Å². The van der Waals surface area contributed by atoms with Crippen LogP contribution in [0.4, 0.5) is 0 Å². The van der Waals surface area contributed by atoms with Crippen molar-refractivity contribution in [3.05, 3.63) is 0 Å². The summed E-state index contributed by atoms with van der Waals surface area (Å²) in [7, 11) is -4.62. The molecule has 0 fully saturated rings. The van der Waals surface area contributed by atoms with Crippen LogP contribution in [0.5, 0.6) is 0 Å². The van der Waals surface area contributed by atoms with Crippen LogP contribution in [0, 0.1) is 0 Å². The molecule has 0 bridgehead atoms. The maximum atomic E-state index is 10.6. The minimum absolute atomic E-state index is 0.276. The van der Waals surface area contributed by atoms with Gasteiger partial charge in [-0.3, -0.25) is 0 Å². The van der Waals surface area contributed by atoms with E-state index in [4.69, 9.17) is 14.8 Å². The molecular formula is C4H7NaO6S. The van der Waals surface area contributed by atoms with E-state index in [0.29, 0.717) is 0 Å². The quantitative estimate of drug-likeness (QED) is 0.370. The summed E-state index contributed by atoms with van der Waals surface area (Å²) in [5, 5.41) is 16.9. The van der Waals surface area contributed by atoms with Crippen LogP contribution in [0.25, 0.3) is 0 Å². The van der Waals surface area contributed by atoms with E-state index in [2.05, 4.69) is 0 Å². The van der Waals surface area contributed by atoms with E-state index >= 15 is 0 Å². The third-order valence-corrected chi connectivity index (χ3v) is 5.60. The standard InChI is InChI=1S/C4H7O6S.Na/c5-2-1-3(4(6)7)11(8,9)10;/h5H,1-2H2,(H,6,7)(H,8,9,10);. The summed E-state index contributed by atoms with van der Waals surface area (Å²) in [5.41, 5.74) is 0. The number of aliphatic carboxylic acids is 1. The number of hydrogen-bond donors (Lipinski definition) is 3. The van der Waals surface area contributed by atoms with Gasteiger partial charge >= 0.3 is 87.0 Å². The Morgan fingerprint density at radius 1 is 1.50 bits per heavy atom. The molecule has 0 amide bonds. The summed E-state index contributed by atoms with van der Waals surface area (Å²) in [4.78, 5) is 10.4. The monoisotopic (exact) mass is 206 g/mol. The molecule has 0 aliphatic carbocycles. The van der Waals surface area contributed by atoms with Gasteiger partial charge in [0.2, 0.25) is 0 Å². The molecule has 1 atom stereocenters. The first-order valence-corrected chi connectivity index (χ1v) is 5.51. The molecule has 0 heterocycles. The van der Waals surface area contributed by atoms with Crippen LogP contribution in [0.3, 0.4) is 0 Å². The average Bonchev–Trinajstić information content (AvgIpc) is 1.85. The topological polar surface area (TPSA) is 112 Å². The number of hydrogen-bond acceptors (Lipinski definition) is 4. The molecule has 0 spiro atoms. The number of carboxylic acid groups (broad SMARTS) is 1. The zero-order chi connectivity index (χ0) is 9.99. The maximum absolute atomic E-state index is 10.6. The second-order valence-electron chi connectivity index (χ2n) is 2.48. The number of rotatable bonds is 4. The third kappa shape index (κ3) is 2.41. The number of aliphatic hydroxyl groups excluding tert-OH is 1. The Hall–Kier alpha value is 0.340. The predicted molar refractivity (Wildman–Crippen MR) is 39.4 cm³/mol. The summed E-state index contributed by atoms with van der Waals surface area (Å²) in [6.45, 7) is -0.588. The molecule has 0 rings (SSSR count). The fraction of sp³-hybridized carbons (Fsp3) is 0.750. The third-order valence-electron chi connectivity index (χ3n) is 1.61. The molecule has 12 heavy (non-hydrogen) atoms. The van der Waals surface area contributed by atoms with Crippen molar-refractivity contribution in [2.45, 2.75) is 8.42 Å². The Balaban J connectivity index is 5.02. The van der Waals surface area contributed by atoms with Crippen LogP contribution in [0.1, 0.15) is 6.42 Å². The van der Waals surface area contributed by atoms with Gasteiger partial charge in [-0.2, -0.15) is 0 Å². The summed E-state index contributed by atoms with van der Waals surface area (Å²) in [5.74, 6) is -1.62. The van der Waals surface area contributed by atoms with Crippen molar-refractivity contribution in [3.8, 4) is 0 Å². The Morgan fingerprint density at radius 2 is 1.92 bits per heavy atom. The van der Waals surface area contributed by atoms with E-state index in [-0.39, 0.29) is 27.9 Å². The summed E-state index contributed by atoms with van der Waals surface area (Å²) >= 11 is -0.276. The molecule has 66 valence electrons. The van der Waals surface area contributed by atoms with Crippen molar-refractivity contribution >= 4 is 44.0 Å². The minimum atomic E-state index is -4.62. The number of carbonyl (C=O) groups is 1. The van der Waals surface area contributed by atoms with Gasteiger partial charge in [-0.1, -0.05) is 0 Å². The first-order valence-electron chi connectivity index (χ1n) is 3.07. The molecule has 0 aromatic rings. The Kier molecular flexibility index (Phi) is 4.15. The summed E-state index contributed by atoms with van der Waals surface area (Å²) < 4.78 is 27.5. The van der Waals surface area contributed by atoms with Crippen molar-refractivity contribution in [2.75, 3.05) is 6.61 Å². The predicted octanol–water partition coefficient (Wildman–Crippen LogP) is -1.79. The Labute approximate surface area is 86.7 Å². The van der Waals surface area contributed by atoms with Crippen molar-refractivity contribution in [1.29, 1.82) is 0 Å². The van der Waals surface area contributed by atoms with Crippen LogP contribution in [-0.4, -0.2) is 65.7 Å². The van der Waals surface area contributed by atoms with Gasteiger partial charge in [-0.25, -0.2) is 0 Å². The summed E-state index contributed by atoms with van der Waals surface area (Å²) in [6, 6.07) is 0. The van der Waals surface area contributed by atoms with Crippen LogP contribution < -0.4 is 0 Å². The first-order chi connectivity index (χ1) is 5.25. The molecule has 0 saturated carbocycles. The van der Waals surface area contributed by atoms with Crippen molar-refractivity contribution in [2.24, 2.45) is 0 Å². The molecule has 0 radical (unpaired) electrons. The van der Waals surface area contributed by atoms with Gasteiger partial charge in [0.1, 0.15) is 0 Å². The second-order valence-corrected chi connectivity index (χ2v) is 6.77. The molecule has 0 saturated heterocycles. The second kappa shape index (κ2) is 4.03. The molecule has 0 aromatic heterocycles. The molecule has 3 N–H and O–H groups in total. The molecule has 0 aliphatic heterocycles. The van der Waals surface area contributed by atoms with E-state index in [0.717, 1.165) is 0 Å². The number of aliphatic hydroxyl groups is 1. The molecule has 8 heteroatoms. The molecule has 0 aromatic carbocycles. The Bertz CT molecular complexity index is 271. The van der Waals surface area contributed by atoms with E-state index in [9.17, 15) is 13.2 Å². The first kappa shape index (κ1) is 12.3. The van der Waals surface area contributed by atoms with Gasteiger partial charge in [0.05, 0.1) is 0 Å². The van der Waals surface area contributed by atoms with E-state index < -0.39 is 31.1 Å². The van der Waals surface area contributed by atoms with E-state index in [1.165, 1.54) is 0 Å². The SMILES string of the molecule is O=C(O)[C]([Na])(CCO)S(=O)(=O)O. The van der Waals surface area contributed by atoms with Gasteiger partial charge in [-0.15, -0.1) is 0 Å². The fourth-order valence-electron chi connectivity index (χ4n) is 0.560. The van der Waals surface area contributed by atoms with Crippen molar-refractivity contribution < 1.29 is 28.0 Å². The zero-order valence-corrected chi connectivity index (χ0v) is 9.21. The van der Waals surface area contributed by atoms with Crippen molar-refractivity contribution in [1.82, 2.24) is 0 Å². The average molecular weight is 206 g/mol. The van der Waals surface area contributed by atoms with Crippen LogP contribution in [0.15, 0.2) is 0 Å². The molecular weight excluding hydrogens is 199 g/mol. The molecule has 1 unspecified atom stereocenters. The van der Waals surface area contributed by atoms with E-state index in [1.54, 1.807) is 0 Å².